The van der Waals surface area contributed by atoms with E-state index in [9.17, 15) is 9.59 Å². The van der Waals surface area contributed by atoms with Gasteiger partial charge in [0.1, 0.15) is 16.8 Å². The number of ether oxygens (including phenoxy) is 1. The summed E-state index contributed by atoms with van der Waals surface area (Å²) in [6, 6.07) is 2.17. The van der Waals surface area contributed by atoms with E-state index >= 15 is 0 Å². The summed E-state index contributed by atoms with van der Waals surface area (Å²) in [7, 11) is 0. The van der Waals surface area contributed by atoms with Crippen molar-refractivity contribution in [3.63, 3.8) is 0 Å². The van der Waals surface area contributed by atoms with Crippen LogP contribution in [0, 0.1) is 0 Å². The lowest BCUT2D eigenvalue weighted by Gasteiger charge is -2.22. The number of hydrogen-bond donors (Lipinski definition) is 2. The zero-order valence-corrected chi connectivity index (χ0v) is 12.3. The molecule has 7 heteroatoms. The molecule has 0 spiro atoms. The number of nitrogens with one attached hydrogen (secondary N) is 1. The molecule has 0 radical (unpaired) electrons. The van der Waals surface area contributed by atoms with E-state index < -0.39 is 23.7 Å². The van der Waals surface area contributed by atoms with Gasteiger partial charge in [0.2, 0.25) is 0 Å². The van der Waals surface area contributed by atoms with E-state index in [2.05, 4.69) is 10.3 Å². The zero-order valence-electron chi connectivity index (χ0n) is 11.5. The van der Waals surface area contributed by atoms with Gasteiger partial charge in [-0.15, -0.1) is 0 Å². The first-order valence-corrected chi connectivity index (χ1v) is 6.38. The Hall–Kier alpha value is -1.82. The number of rotatable bonds is 4. The standard InChI is InChI=1S/C13H17ClN2O4/c1-13(2,3)20-12(19)16-9(11(17)18)7-8-5-4-6-15-10(8)14/h4-6,9H,7H2,1-3H3,(H,16,19)(H,17,18). The highest BCUT2D eigenvalue weighted by molar-refractivity contribution is 6.30. The SMILES string of the molecule is CC(C)(C)OC(=O)NC(Cc1cccnc1Cl)C(=O)O. The van der Waals surface area contributed by atoms with Crippen LogP contribution >= 0.6 is 11.6 Å². The van der Waals surface area contributed by atoms with Crippen LogP contribution in [0.4, 0.5) is 4.79 Å². The molecule has 0 aliphatic rings. The first-order valence-electron chi connectivity index (χ1n) is 6.01. The van der Waals surface area contributed by atoms with Crippen LogP contribution in [0.2, 0.25) is 5.15 Å². The molecule has 1 amide bonds. The summed E-state index contributed by atoms with van der Waals surface area (Å²) < 4.78 is 5.02. The normalized spacial score (nSPS) is 12.6. The van der Waals surface area contributed by atoms with E-state index in [1.165, 1.54) is 6.20 Å². The van der Waals surface area contributed by atoms with Crippen LogP contribution in [0.25, 0.3) is 0 Å². The molecule has 0 saturated carbocycles. The molecule has 0 aliphatic carbocycles. The summed E-state index contributed by atoms with van der Waals surface area (Å²) in [5.41, 5.74) is -0.156. The van der Waals surface area contributed by atoms with Crippen molar-refractivity contribution in [2.45, 2.75) is 38.8 Å². The maximum atomic E-state index is 11.6. The molecular formula is C13H17ClN2O4. The van der Waals surface area contributed by atoms with Crippen LogP contribution in [0.3, 0.4) is 0 Å². The molecule has 1 aromatic heterocycles. The number of hydrogen-bond acceptors (Lipinski definition) is 4. The number of amides is 1. The lowest BCUT2D eigenvalue weighted by atomic mass is 10.1. The highest BCUT2D eigenvalue weighted by Gasteiger charge is 2.24. The van der Waals surface area contributed by atoms with E-state index in [1.54, 1.807) is 32.9 Å². The molecule has 0 aliphatic heterocycles. The number of aliphatic carboxylic acids is 1. The smallest absolute Gasteiger partial charge is 0.408 e. The Morgan fingerprint density at radius 1 is 1.50 bits per heavy atom. The molecule has 110 valence electrons. The van der Waals surface area contributed by atoms with Gasteiger partial charge >= 0.3 is 12.1 Å². The minimum absolute atomic E-state index is 0.0290. The molecule has 1 rings (SSSR count). The summed E-state index contributed by atoms with van der Waals surface area (Å²) in [6.07, 6.45) is 0.745. The topological polar surface area (TPSA) is 88.5 Å². The van der Waals surface area contributed by atoms with Gasteiger partial charge in [-0.3, -0.25) is 0 Å². The Bertz CT molecular complexity index is 499. The van der Waals surface area contributed by atoms with Crippen molar-refractivity contribution in [3.05, 3.63) is 29.0 Å². The van der Waals surface area contributed by atoms with Gasteiger partial charge in [0.05, 0.1) is 0 Å². The second-order valence-electron chi connectivity index (χ2n) is 5.19. The van der Waals surface area contributed by atoms with E-state index in [0.29, 0.717) is 5.56 Å². The number of carbonyl (C=O) groups is 2. The van der Waals surface area contributed by atoms with Crippen molar-refractivity contribution in [3.8, 4) is 0 Å². The summed E-state index contributed by atoms with van der Waals surface area (Å²) in [5, 5.41) is 11.7. The summed E-state index contributed by atoms with van der Waals surface area (Å²) in [4.78, 5) is 26.6. The largest absolute Gasteiger partial charge is 0.480 e. The highest BCUT2D eigenvalue weighted by Crippen LogP contribution is 2.14. The Kier molecular flexibility index (Phi) is 5.33. The van der Waals surface area contributed by atoms with Crippen molar-refractivity contribution in [2.24, 2.45) is 0 Å². The summed E-state index contributed by atoms with van der Waals surface area (Å²) in [5.74, 6) is -1.17. The summed E-state index contributed by atoms with van der Waals surface area (Å²) in [6.45, 7) is 5.08. The zero-order chi connectivity index (χ0) is 15.3. The highest BCUT2D eigenvalue weighted by atomic mass is 35.5. The number of carboxylic acids is 1. The van der Waals surface area contributed by atoms with Crippen molar-refractivity contribution in [1.82, 2.24) is 10.3 Å². The molecule has 20 heavy (non-hydrogen) atoms. The van der Waals surface area contributed by atoms with Crippen molar-refractivity contribution in [2.75, 3.05) is 0 Å². The Balaban J connectivity index is 2.74. The molecule has 0 fully saturated rings. The lowest BCUT2D eigenvalue weighted by Crippen LogP contribution is -2.44. The number of alkyl carbamates (subject to hydrolysis) is 1. The molecule has 1 heterocycles. The number of aromatic nitrogens is 1. The van der Waals surface area contributed by atoms with Crippen LogP contribution < -0.4 is 5.32 Å². The monoisotopic (exact) mass is 300 g/mol. The van der Waals surface area contributed by atoms with Crippen LogP contribution in [0.5, 0.6) is 0 Å². The number of carboxylic acid groups (broad SMARTS) is 1. The average molecular weight is 301 g/mol. The predicted molar refractivity (Wildman–Crippen MR) is 73.7 cm³/mol. The summed E-state index contributed by atoms with van der Waals surface area (Å²) >= 11 is 5.87. The molecule has 6 nitrogen and oxygen atoms in total. The van der Waals surface area contributed by atoms with Gasteiger partial charge in [0, 0.05) is 12.6 Å². The third-order valence-corrected chi connectivity index (χ3v) is 2.59. The molecular weight excluding hydrogens is 284 g/mol. The molecule has 0 aromatic carbocycles. The number of halogens is 1. The van der Waals surface area contributed by atoms with Gasteiger partial charge < -0.3 is 15.2 Å². The van der Waals surface area contributed by atoms with Gasteiger partial charge in [0.25, 0.3) is 0 Å². The second-order valence-corrected chi connectivity index (χ2v) is 5.55. The maximum Gasteiger partial charge on any atom is 0.408 e. The quantitative estimate of drug-likeness (QED) is 0.833. The minimum Gasteiger partial charge on any atom is -0.480 e. The predicted octanol–water partition coefficient (Wildman–Crippen LogP) is 2.26. The Morgan fingerprint density at radius 2 is 2.15 bits per heavy atom. The van der Waals surface area contributed by atoms with Crippen LogP contribution in [-0.2, 0) is 16.0 Å². The number of carbonyl (C=O) groups excluding carboxylic acids is 1. The van der Waals surface area contributed by atoms with E-state index in [1.807, 2.05) is 0 Å². The molecule has 1 unspecified atom stereocenters. The van der Waals surface area contributed by atoms with E-state index in [0.717, 1.165) is 0 Å². The first-order chi connectivity index (χ1) is 9.19. The minimum atomic E-state index is -1.17. The van der Waals surface area contributed by atoms with E-state index in [-0.39, 0.29) is 11.6 Å². The van der Waals surface area contributed by atoms with Crippen LogP contribution in [0.15, 0.2) is 18.3 Å². The fourth-order valence-electron chi connectivity index (χ4n) is 1.44. The number of nitrogens with zero attached hydrogens (tertiary/aromatic N) is 1. The molecule has 2 N–H and O–H groups in total. The van der Waals surface area contributed by atoms with Crippen molar-refractivity contribution in [1.29, 1.82) is 0 Å². The third-order valence-electron chi connectivity index (χ3n) is 2.25. The maximum absolute atomic E-state index is 11.6. The van der Waals surface area contributed by atoms with Crippen LogP contribution in [0.1, 0.15) is 26.3 Å². The Labute approximate surface area is 122 Å². The van der Waals surface area contributed by atoms with Gasteiger partial charge in [-0.1, -0.05) is 17.7 Å². The van der Waals surface area contributed by atoms with Crippen molar-refractivity contribution < 1.29 is 19.4 Å². The Morgan fingerprint density at radius 3 is 2.65 bits per heavy atom. The number of pyridine rings is 1. The molecule has 0 saturated heterocycles. The fourth-order valence-corrected chi connectivity index (χ4v) is 1.64. The van der Waals surface area contributed by atoms with Gasteiger partial charge in [-0.25, -0.2) is 14.6 Å². The fraction of sp³-hybridized carbons (Fsp3) is 0.462. The first kappa shape index (κ1) is 16.2. The third kappa shape index (κ3) is 5.44. The van der Waals surface area contributed by atoms with Gasteiger partial charge in [-0.05, 0) is 32.4 Å². The molecule has 0 bridgehead atoms. The molecule has 1 atom stereocenters. The van der Waals surface area contributed by atoms with E-state index in [4.69, 9.17) is 21.4 Å². The second kappa shape index (κ2) is 6.56. The lowest BCUT2D eigenvalue weighted by molar-refractivity contribution is -0.139. The van der Waals surface area contributed by atoms with Gasteiger partial charge in [0.15, 0.2) is 0 Å². The molecule has 1 aromatic rings. The van der Waals surface area contributed by atoms with Gasteiger partial charge in [-0.2, -0.15) is 0 Å². The van der Waals surface area contributed by atoms with Crippen molar-refractivity contribution >= 4 is 23.7 Å². The van der Waals surface area contributed by atoms with Crippen LogP contribution in [-0.4, -0.2) is 33.8 Å². The average Bonchev–Trinajstić information content (AvgIpc) is 2.28.